The first-order valence-electron chi connectivity index (χ1n) is 7.74. The second-order valence-electron chi connectivity index (χ2n) is 5.43. The van der Waals surface area contributed by atoms with Gasteiger partial charge in [0.25, 0.3) is 11.5 Å². The topological polar surface area (TPSA) is 80.4 Å². The zero-order chi connectivity index (χ0) is 17.8. The lowest BCUT2D eigenvalue weighted by Crippen LogP contribution is -2.26. The zero-order valence-electron chi connectivity index (χ0n) is 14.0. The predicted octanol–water partition coefficient (Wildman–Crippen LogP) is 2.48. The lowest BCUT2D eigenvalue weighted by atomic mass is 10.1. The molecule has 2 N–H and O–H groups in total. The van der Waals surface area contributed by atoms with Gasteiger partial charge in [0.2, 0.25) is 0 Å². The minimum Gasteiger partial charge on any atom is -0.493 e. The maximum Gasteiger partial charge on any atom is 0.268 e. The normalized spacial score (nSPS) is 10.5. The third-order valence-electron chi connectivity index (χ3n) is 3.92. The number of aromatic amines is 1. The summed E-state index contributed by atoms with van der Waals surface area (Å²) in [6.07, 6.45) is 0. The quantitative estimate of drug-likeness (QED) is 0.749. The molecule has 0 unspecified atom stereocenters. The van der Waals surface area contributed by atoms with Crippen LogP contribution in [-0.2, 0) is 6.54 Å². The Hall–Kier alpha value is -3.28. The molecule has 25 heavy (non-hydrogen) atoms. The molecule has 0 fully saturated rings. The van der Waals surface area contributed by atoms with E-state index in [9.17, 15) is 9.59 Å². The molecule has 3 rings (SSSR count). The third-order valence-corrected chi connectivity index (χ3v) is 3.92. The molecule has 0 aliphatic heterocycles. The monoisotopic (exact) mass is 338 g/mol. The molecule has 0 bridgehead atoms. The van der Waals surface area contributed by atoms with Crippen LogP contribution in [0.15, 0.2) is 53.3 Å². The lowest BCUT2D eigenvalue weighted by Gasteiger charge is -2.13. The maximum absolute atomic E-state index is 12.4. The Kier molecular flexibility index (Phi) is 4.70. The average Bonchev–Trinajstić information content (AvgIpc) is 2.65. The van der Waals surface area contributed by atoms with Crippen LogP contribution in [0.5, 0.6) is 11.5 Å². The molecule has 2 aromatic carbocycles. The van der Waals surface area contributed by atoms with Crippen molar-refractivity contribution < 1.29 is 14.3 Å². The van der Waals surface area contributed by atoms with E-state index in [4.69, 9.17) is 9.47 Å². The number of H-pyrrole nitrogens is 1. The van der Waals surface area contributed by atoms with E-state index in [-0.39, 0.29) is 23.7 Å². The number of aromatic nitrogens is 1. The first-order chi connectivity index (χ1) is 12.1. The number of hydrogen-bond donors (Lipinski definition) is 2. The van der Waals surface area contributed by atoms with Crippen molar-refractivity contribution in [3.63, 3.8) is 0 Å². The van der Waals surface area contributed by atoms with Crippen LogP contribution in [0, 0.1) is 0 Å². The molecule has 128 valence electrons. The molecular formula is C19H18N2O4. The first-order valence-corrected chi connectivity index (χ1v) is 7.74. The van der Waals surface area contributed by atoms with Gasteiger partial charge in [-0.3, -0.25) is 9.59 Å². The molecule has 6 nitrogen and oxygen atoms in total. The minimum atomic E-state index is -0.368. The van der Waals surface area contributed by atoms with Crippen LogP contribution in [0.2, 0.25) is 0 Å². The van der Waals surface area contributed by atoms with Crippen molar-refractivity contribution in [1.82, 2.24) is 10.3 Å². The Morgan fingerprint density at radius 3 is 2.64 bits per heavy atom. The zero-order valence-corrected chi connectivity index (χ0v) is 14.0. The Labute approximate surface area is 144 Å². The van der Waals surface area contributed by atoms with Crippen molar-refractivity contribution in [3.8, 4) is 11.5 Å². The molecule has 1 aromatic heterocycles. The van der Waals surface area contributed by atoms with Crippen LogP contribution in [0.4, 0.5) is 0 Å². The molecule has 1 heterocycles. The smallest absolute Gasteiger partial charge is 0.268 e. The highest BCUT2D eigenvalue weighted by Crippen LogP contribution is 2.30. The molecule has 0 spiro atoms. The number of pyridine rings is 1. The number of carbonyl (C=O) groups is 1. The summed E-state index contributed by atoms with van der Waals surface area (Å²) in [7, 11) is 3.10. The van der Waals surface area contributed by atoms with Gasteiger partial charge in [0.15, 0.2) is 11.5 Å². The second-order valence-corrected chi connectivity index (χ2v) is 5.43. The van der Waals surface area contributed by atoms with Crippen molar-refractivity contribution in [2.75, 3.05) is 14.2 Å². The fourth-order valence-electron chi connectivity index (χ4n) is 2.70. The van der Waals surface area contributed by atoms with Crippen LogP contribution < -0.4 is 20.3 Å². The van der Waals surface area contributed by atoms with Crippen molar-refractivity contribution in [2.45, 2.75) is 6.54 Å². The number of rotatable bonds is 5. The van der Waals surface area contributed by atoms with Gasteiger partial charge in [0.05, 0.1) is 14.2 Å². The number of ether oxygens (including phenoxy) is 2. The van der Waals surface area contributed by atoms with E-state index in [0.717, 1.165) is 10.9 Å². The van der Waals surface area contributed by atoms with E-state index in [1.807, 2.05) is 18.2 Å². The Balaban J connectivity index is 1.83. The number of para-hydroxylation sites is 1. The van der Waals surface area contributed by atoms with Crippen LogP contribution in [0.25, 0.3) is 10.8 Å². The highest BCUT2D eigenvalue weighted by Gasteiger charge is 2.13. The summed E-state index contributed by atoms with van der Waals surface area (Å²) in [5.41, 5.74) is 0.700. The molecule has 0 aliphatic carbocycles. The standard InChI is InChI=1S/C19H18N2O4/c1-24-16-9-5-7-13(17(16)25-2)11-20-19(23)15-10-12-6-3-4-8-14(12)18(22)21-15/h3-10H,11H2,1-2H3,(H,20,23)(H,21,22). The second kappa shape index (κ2) is 7.09. The molecule has 0 radical (unpaired) electrons. The Morgan fingerprint density at radius 2 is 1.88 bits per heavy atom. The van der Waals surface area contributed by atoms with Crippen molar-refractivity contribution in [1.29, 1.82) is 0 Å². The maximum atomic E-state index is 12.4. The number of amides is 1. The molecule has 6 heteroatoms. The summed E-state index contributed by atoms with van der Waals surface area (Å²) in [4.78, 5) is 27.1. The number of nitrogens with one attached hydrogen (secondary N) is 2. The van der Waals surface area contributed by atoms with Crippen LogP contribution >= 0.6 is 0 Å². The van der Waals surface area contributed by atoms with Crippen molar-refractivity contribution in [3.05, 3.63) is 70.1 Å². The van der Waals surface area contributed by atoms with Crippen LogP contribution in [0.3, 0.4) is 0 Å². The number of carbonyl (C=O) groups excluding carboxylic acids is 1. The van der Waals surface area contributed by atoms with E-state index in [2.05, 4.69) is 10.3 Å². The molecule has 0 atom stereocenters. The summed E-state index contributed by atoms with van der Waals surface area (Å²) >= 11 is 0. The molecule has 1 amide bonds. The third kappa shape index (κ3) is 3.33. The van der Waals surface area contributed by atoms with E-state index >= 15 is 0 Å². The van der Waals surface area contributed by atoms with Crippen molar-refractivity contribution in [2.24, 2.45) is 0 Å². The van der Waals surface area contributed by atoms with E-state index in [1.165, 1.54) is 0 Å². The summed E-state index contributed by atoms with van der Waals surface area (Å²) in [5, 5.41) is 4.06. The van der Waals surface area contributed by atoms with Gasteiger partial charge < -0.3 is 19.8 Å². The van der Waals surface area contributed by atoms with E-state index in [0.29, 0.717) is 16.9 Å². The summed E-state index contributed by atoms with van der Waals surface area (Å²) in [5.74, 6) is 0.790. The van der Waals surface area contributed by atoms with E-state index < -0.39 is 0 Å². The van der Waals surface area contributed by atoms with Gasteiger partial charge in [0, 0.05) is 17.5 Å². The highest BCUT2D eigenvalue weighted by molar-refractivity contribution is 5.96. The largest absolute Gasteiger partial charge is 0.493 e. The lowest BCUT2D eigenvalue weighted by molar-refractivity contribution is 0.0945. The van der Waals surface area contributed by atoms with Gasteiger partial charge >= 0.3 is 0 Å². The molecule has 0 saturated carbocycles. The van der Waals surface area contributed by atoms with Crippen molar-refractivity contribution >= 4 is 16.7 Å². The molecule has 0 aliphatic rings. The number of methoxy groups -OCH3 is 2. The van der Waals surface area contributed by atoms with Gasteiger partial charge in [0.1, 0.15) is 5.69 Å². The highest BCUT2D eigenvalue weighted by atomic mass is 16.5. The molecule has 3 aromatic rings. The van der Waals surface area contributed by atoms with Crippen LogP contribution in [0.1, 0.15) is 16.1 Å². The minimum absolute atomic E-state index is 0.213. The van der Waals surface area contributed by atoms with Gasteiger partial charge in [-0.15, -0.1) is 0 Å². The summed E-state index contributed by atoms with van der Waals surface area (Å²) < 4.78 is 10.6. The fourth-order valence-corrected chi connectivity index (χ4v) is 2.70. The fraction of sp³-hybridized carbons (Fsp3) is 0.158. The number of hydrogen-bond acceptors (Lipinski definition) is 4. The predicted molar refractivity (Wildman–Crippen MR) is 95.3 cm³/mol. The van der Waals surface area contributed by atoms with Gasteiger partial charge in [-0.05, 0) is 23.6 Å². The average molecular weight is 338 g/mol. The number of benzene rings is 2. The Morgan fingerprint density at radius 1 is 1.08 bits per heavy atom. The van der Waals surface area contributed by atoms with Gasteiger partial charge in [-0.2, -0.15) is 0 Å². The molecule has 0 saturated heterocycles. The number of fused-ring (bicyclic) bond motifs is 1. The Bertz CT molecular complexity index is 979. The summed E-state index contributed by atoms with van der Waals surface area (Å²) in [6, 6.07) is 14.2. The van der Waals surface area contributed by atoms with E-state index in [1.54, 1.807) is 44.6 Å². The van der Waals surface area contributed by atoms with Crippen LogP contribution in [-0.4, -0.2) is 25.1 Å². The SMILES string of the molecule is COc1cccc(CNC(=O)c2cc3ccccc3c(=O)[nH]2)c1OC. The summed E-state index contributed by atoms with van der Waals surface area (Å²) in [6.45, 7) is 0.244. The van der Waals surface area contributed by atoms with Gasteiger partial charge in [-0.1, -0.05) is 30.3 Å². The first kappa shape index (κ1) is 16.6. The molecular weight excluding hydrogens is 320 g/mol. The van der Waals surface area contributed by atoms with Gasteiger partial charge in [-0.25, -0.2) is 0 Å².